The molecule has 0 fully saturated rings. The van der Waals surface area contributed by atoms with Crippen molar-refractivity contribution in [2.45, 2.75) is 72.8 Å². The standard InChI is InChI=1S/C26H38O2/c1-19(2)13-11-14-21(5)26(20(3)4)24(27)17-10-8-9-15-23-16-12-18-25(28-7)22(23)6/h12-13,16,18,21,24,26-27H,3,9,11,14-15,17H2,1-2,4-7H3/t21-,24+,26-/m1/s1. The first-order chi connectivity index (χ1) is 13.3. The van der Waals surface area contributed by atoms with E-state index in [0.29, 0.717) is 12.3 Å². The van der Waals surface area contributed by atoms with Crippen LogP contribution in [0.2, 0.25) is 0 Å². The van der Waals surface area contributed by atoms with Crippen LogP contribution in [-0.2, 0) is 6.42 Å². The zero-order chi connectivity index (χ0) is 21.1. The summed E-state index contributed by atoms with van der Waals surface area (Å²) < 4.78 is 5.38. The monoisotopic (exact) mass is 382 g/mol. The Morgan fingerprint density at radius 3 is 2.57 bits per heavy atom. The summed E-state index contributed by atoms with van der Waals surface area (Å²) in [6, 6.07) is 6.13. The van der Waals surface area contributed by atoms with Crippen molar-refractivity contribution < 1.29 is 9.84 Å². The average molecular weight is 383 g/mol. The lowest BCUT2D eigenvalue weighted by molar-refractivity contribution is 0.0990. The van der Waals surface area contributed by atoms with Gasteiger partial charge in [0.05, 0.1) is 13.2 Å². The maximum absolute atomic E-state index is 10.7. The highest BCUT2D eigenvalue weighted by atomic mass is 16.5. The maximum atomic E-state index is 10.7. The van der Waals surface area contributed by atoms with E-state index in [1.165, 1.54) is 16.7 Å². The Bertz CT molecular complexity index is 714. The van der Waals surface area contributed by atoms with Gasteiger partial charge in [-0.1, -0.05) is 42.9 Å². The second-order valence-electron chi connectivity index (χ2n) is 8.08. The van der Waals surface area contributed by atoms with Crippen LogP contribution in [0.3, 0.4) is 0 Å². The topological polar surface area (TPSA) is 29.5 Å². The summed E-state index contributed by atoms with van der Waals surface area (Å²) in [4.78, 5) is 0. The molecular weight excluding hydrogens is 344 g/mol. The van der Waals surface area contributed by atoms with Gasteiger partial charge in [-0.3, -0.25) is 0 Å². The van der Waals surface area contributed by atoms with Crippen molar-refractivity contribution >= 4 is 0 Å². The summed E-state index contributed by atoms with van der Waals surface area (Å²) >= 11 is 0. The third kappa shape index (κ3) is 7.95. The molecule has 0 amide bonds. The molecule has 0 saturated heterocycles. The molecule has 0 saturated carbocycles. The number of ether oxygens (including phenoxy) is 1. The van der Waals surface area contributed by atoms with Gasteiger partial charge < -0.3 is 9.84 Å². The summed E-state index contributed by atoms with van der Waals surface area (Å²) in [5.41, 5.74) is 4.84. The van der Waals surface area contributed by atoms with Crippen molar-refractivity contribution in [2.24, 2.45) is 11.8 Å². The quantitative estimate of drug-likeness (QED) is 0.382. The lowest BCUT2D eigenvalue weighted by atomic mass is 9.80. The van der Waals surface area contributed by atoms with Gasteiger partial charge in [0.2, 0.25) is 0 Å². The van der Waals surface area contributed by atoms with Gasteiger partial charge in [-0.05, 0) is 70.1 Å². The third-order valence-corrected chi connectivity index (χ3v) is 5.34. The second-order valence-corrected chi connectivity index (χ2v) is 8.08. The Morgan fingerprint density at radius 1 is 1.25 bits per heavy atom. The van der Waals surface area contributed by atoms with Crippen LogP contribution in [0.5, 0.6) is 5.75 Å². The number of aryl methyl sites for hydroxylation is 1. The first kappa shape index (κ1) is 24.1. The summed E-state index contributed by atoms with van der Waals surface area (Å²) in [6.45, 7) is 14.7. The molecule has 1 aromatic rings. The van der Waals surface area contributed by atoms with Crippen LogP contribution in [0.25, 0.3) is 0 Å². The van der Waals surface area contributed by atoms with Crippen LogP contribution in [0.1, 0.15) is 64.5 Å². The number of rotatable bonds is 10. The number of aliphatic hydroxyl groups excluding tert-OH is 1. The Morgan fingerprint density at radius 2 is 1.96 bits per heavy atom. The van der Waals surface area contributed by atoms with Crippen LogP contribution in [-0.4, -0.2) is 18.3 Å². The van der Waals surface area contributed by atoms with Crippen LogP contribution < -0.4 is 4.74 Å². The van der Waals surface area contributed by atoms with E-state index >= 15 is 0 Å². The fourth-order valence-electron chi connectivity index (χ4n) is 3.75. The largest absolute Gasteiger partial charge is 0.496 e. The number of hydrogen-bond donors (Lipinski definition) is 1. The number of allylic oxidation sites excluding steroid dienone is 2. The molecule has 0 unspecified atom stereocenters. The minimum Gasteiger partial charge on any atom is -0.496 e. The van der Waals surface area contributed by atoms with Crippen LogP contribution >= 0.6 is 0 Å². The molecular formula is C26H38O2. The molecule has 0 radical (unpaired) electrons. The molecule has 1 aromatic carbocycles. The van der Waals surface area contributed by atoms with Gasteiger partial charge in [-0.25, -0.2) is 0 Å². The highest BCUT2D eigenvalue weighted by molar-refractivity contribution is 5.39. The van der Waals surface area contributed by atoms with E-state index in [0.717, 1.165) is 37.0 Å². The molecule has 1 rings (SSSR count). The number of benzene rings is 1. The van der Waals surface area contributed by atoms with E-state index in [9.17, 15) is 5.11 Å². The van der Waals surface area contributed by atoms with E-state index in [1.54, 1.807) is 7.11 Å². The van der Waals surface area contributed by atoms with Crippen molar-refractivity contribution in [2.75, 3.05) is 7.11 Å². The SMILES string of the molecule is C=C(C)[C@H]([C@H](C)CCC=C(C)C)[C@@H](O)CC#CCCc1cccc(OC)c1C. The number of hydrogen-bond acceptors (Lipinski definition) is 2. The Labute approximate surface area is 172 Å². The first-order valence-electron chi connectivity index (χ1n) is 10.3. The van der Waals surface area contributed by atoms with Crippen molar-refractivity contribution in [1.29, 1.82) is 0 Å². The molecule has 0 aromatic heterocycles. The molecule has 2 heteroatoms. The molecule has 0 aliphatic heterocycles. The molecule has 2 nitrogen and oxygen atoms in total. The molecule has 0 spiro atoms. The average Bonchev–Trinajstić information content (AvgIpc) is 2.62. The van der Waals surface area contributed by atoms with Crippen LogP contribution in [0.4, 0.5) is 0 Å². The molecule has 0 aliphatic carbocycles. The van der Waals surface area contributed by atoms with Gasteiger partial charge in [0.15, 0.2) is 0 Å². The first-order valence-corrected chi connectivity index (χ1v) is 10.3. The predicted octanol–water partition coefficient (Wildman–Crippen LogP) is 6.27. The van der Waals surface area contributed by atoms with Crippen molar-refractivity contribution in [3.63, 3.8) is 0 Å². The summed E-state index contributed by atoms with van der Waals surface area (Å²) in [5, 5.41) is 10.7. The molecule has 0 bridgehead atoms. The molecule has 0 aliphatic rings. The second kappa shape index (κ2) is 12.5. The zero-order valence-electron chi connectivity index (χ0n) is 18.6. The van der Waals surface area contributed by atoms with Gasteiger partial charge in [0.1, 0.15) is 5.75 Å². The maximum Gasteiger partial charge on any atom is 0.122 e. The van der Waals surface area contributed by atoms with Crippen molar-refractivity contribution in [3.8, 4) is 17.6 Å². The van der Waals surface area contributed by atoms with Gasteiger partial charge in [0, 0.05) is 18.8 Å². The smallest absolute Gasteiger partial charge is 0.122 e. The Balaban J connectivity index is 2.58. The minimum absolute atomic E-state index is 0.0977. The van der Waals surface area contributed by atoms with Gasteiger partial charge >= 0.3 is 0 Å². The molecule has 1 N–H and O–H groups in total. The Kier molecular flexibility index (Phi) is 10.7. The van der Waals surface area contributed by atoms with Crippen molar-refractivity contribution in [3.05, 3.63) is 53.1 Å². The van der Waals surface area contributed by atoms with Gasteiger partial charge in [0.25, 0.3) is 0 Å². The molecule has 0 heterocycles. The molecule has 3 atom stereocenters. The van der Waals surface area contributed by atoms with Gasteiger partial charge in [-0.15, -0.1) is 11.8 Å². The van der Waals surface area contributed by atoms with E-state index in [2.05, 4.69) is 58.3 Å². The van der Waals surface area contributed by atoms with Crippen LogP contribution in [0, 0.1) is 30.6 Å². The fraction of sp³-hybridized carbons (Fsp3) is 0.538. The van der Waals surface area contributed by atoms with Crippen molar-refractivity contribution in [1.82, 2.24) is 0 Å². The van der Waals surface area contributed by atoms with E-state index in [1.807, 2.05) is 19.1 Å². The minimum atomic E-state index is -0.453. The Hall–Kier alpha value is -1.98. The fourth-order valence-corrected chi connectivity index (χ4v) is 3.75. The zero-order valence-corrected chi connectivity index (χ0v) is 18.6. The van der Waals surface area contributed by atoms with E-state index in [4.69, 9.17) is 4.74 Å². The van der Waals surface area contributed by atoms with E-state index in [-0.39, 0.29) is 5.92 Å². The lowest BCUT2D eigenvalue weighted by Crippen LogP contribution is -2.27. The van der Waals surface area contributed by atoms with Crippen LogP contribution in [0.15, 0.2) is 42.0 Å². The lowest BCUT2D eigenvalue weighted by Gasteiger charge is -2.28. The number of aliphatic hydroxyl groups is 1. The normalized spacial score (nSPS) is 13.7. The highest BCUT2D eigenvalue weighted by Crippen LogP contribution is 2.28. The predicted molar refractivity (Wildman–Crippen MR) is 121 cm³/mol. The molecule has 28 heavy (non-hydrogen) atoms. The summed E-state index contributed by atoms with van der Waals surface area (Å²) in [5.74, 6) is 7.83. The van der Waals surface area contributed by atoms with E-state index < -0.39 is 6.10 Å². The summed E-state index contributed by atoms with van der Waals surface area (Å²) in [6.07, 6.45) is 6.10. The highest BCUT2D eigenvalue weighted by Gasteiger charge is 2.24. The summed E-state index contributed by atoms with van der Waals surface area (Å²) in [7, 11) is 1.70. The molecule has 154 valence electrons. The number of methoxy groups -OCH3 is 1. The third-order valence-electron chi connectivity index (χ3n) is 5.34. The van der Waals surface area contributed by atoms with Gasteiger partial charge in [-0.2, -0.15) is 0 Å².